The molecule has 1 nitrogen and oxygen atoms in total. The van der Waals surface area contributed by atoms with Gasteiger partial charge in [-0.25, -0.2) is 4.39 Å². The fraction of sp³-hybridized carbons (Fsp3) is 0.538. The number of ether oxygens (including phenoxy) is 1. The van der Waals surface area contributed by atoms with Gasteiger partial charge in [-0.15, -0.1) is 0 Å². The van der Waals surface area contributed by atoms with Gasteiger partial charge in [-0.05, 0) is 48.9 Å². The molecule has 1 saturated heterocycles. The number of benzene rings is 1. The van der Waals surface area contributed by atoms with Crippen LogP contribution >= 0.6 is 0 Å². The van der Waals surface area contributed by atoms with E-state index >= 15 is 0 Å². The van der Waals surface area contributed by atoms with Crippen molar-refractivity contribution in [1.82, 2.24) is 0 Å². The molecule has 0 aliphatic carbocycles. The van der Waals surface area contributed by atoms with Crippen molar-refractivity contribution in [1.29, 1.82) is 0 Å². The molecule has 15 heavy (non-hydrogen) atoms. The van der Waals surface area contributed by atoms with Crippen LogP contribution in [0.3, 0.4) is 0 Å². The van der Waals surface area contributed by atoms with E-state index in [0.717, 1.165) is 25.0 Å². The number of epoxide rings is 1. The second kappa shape index (κ2) is 4.31. The van der Waals surface area contributed by atoms with Gasteiger partial charge in [-0.2, -0.15) is 0 Å². The summed E-state index contributed by atoms with van der Waals surface area (Å²) in [6.45, 7) is 5.14. The highest BCUT2D eigenvalue weighted by atomic mass is 19.1. The molecule has 0 amide bonds. The van der Waals surface area contributed by atoms with Crippen LogP contribution in [0.15, 0.2) is 18.2 Å². The first-order chi connectivity index (χ1) is 7.16. The molecule has 2 atom stereocenters. The predicted molar refractivity (Wildman–Crippen MR) is 58.4 cm³/mol. The summed E-state index contributed by atoms with van der Waals surface area (Å²) in [5.74, 6) is 0.457. The van der Waals surface area contributed by atoms with Crippen LogP contribution in [0.1, 0.15) is 24.5 Å². The van der Waals surface area contributed by atoms with Crippen molar-refractivity contribution in [3.63, 3.8) is 0 Å². The molecule has 1 fully saturated rings. The smallest absolute Gasteiger partial charge is 0.123 e. The summed E-state index contributed by atoms with van der Waals surface area (Å²) < 4.78 is 18.3. The van der Waals surface area contributed by atoms with Crippen molar-refractivity contribution in [2.24, 2.45) is 5.92 Å². The van der Waals surface area contributed by atoms with Gasteiger partial charge in [0, 0.05) is 0 Å². The SMILES string of the molecule is Cc1ccc(F)cc1CCC(C)C1CO1. The Bertz CT molecular complexity index is 344. The fourth-order valence-electron chi connectivity index (χ4n) is 1.86. The van der Waals surface area contributed by atoms with Crippen molar-refractivity contribution in [3.05, 3.63) is 35.1 Å². The molecule has 82 valence electrons. The van der Waals surface area contributed by atoms with Crippen LogP contribution in [0.2, 0.25) is 0 Å². The molecule has 0 N–H and O–H groups in total. The Labute approximate surface area is 90.3 Å². The Morgan fingerprint density at radius 3 is 2.93 bits per heavy atom. The Morgan fingerprint density at radius 1 is 1.53 bits per heavy atom. The van der Waals surface area contributed by atoms with Gasteiger partial charge in [0.25, 0.3) is 0 Å². The van der Waals surface area contributed by atoms with E-state index in [2.05, 4.69) is 6.92 Å². The minimum atomic E-state index is -0.133. The highest BCUT2D eigenvalue weighted by Crippen LogP contribution is 2.24. The molecule has 1 aromatic rings. The van der Waals surface area contributed by atoms with Crippen LogP contribution in [0, 0.1) is 18.7 Å². The third-order valence-electron chi connectivity index (χ3n) is 3.17. The van der Waals surface area contributed by atoms with E-state index in [1.54, 1.807) is 6.07 Å². The molecule has 1 heterocycles. The predicted octanol–water partition coefficient (Wildman–Crippen LogP) is 3.10. The standard InChI is InChI=1S/C13H17FO/c1-9-4-6-12(14)7-11(9)5-3-10(2)13-8-15-13/h4,6-7,10,13H,3,5,8H2,1-2H3. The molecule has 0 saturated carbocycles. The van der Waals surface area contributed by atoms with Crippen LogP contribution in [0.25, 0.3) is 0 Å². The lowest BCUT2D eigenvalue weighted by Gasteiger charge is -2.09. The Morgan fingerprint density at radius 2 is 2.27 bits per heavy atom. The van der Waals surface area contributed by atoms with Crippen molar-refractivity contribution >= 4 is 0 Å². The summed E-state index contributed by atoms with van der Waals surface area (Å²) in [6, 6.07) is 5.02. The molecule has 2 rings (SSSR count). The zero-order valence-electron chi connectivity index (χ0n) is 9.29. The average molecular weight is 208 g/mol. The second-order valence-corrected chi connectivity index (χ2v) is 4.46. The summed E-state index contributed by atoms with van der Waals surface area (Å²) in [4.78, 5) is 0. The minimum absolute atomic E-state index is 0.133. The monoisotopic (exact) mass is 208 g/mol. The lowest BCUT2D eigenvalue weighted by Crippen LogP contribution is -2.05. The molecular formula is C13H17FO. The Balaban J connectivity index is 1.94. The zero-order chi connectivity index (χ0) is 10.8. The summed E-state index contributed by atoms with van der Waals surface area (Å²) >= 11 is 0. The highest BCUT2D eigenvalue weighted by molar-refractivity contribution is 5.26. The van der Waals surface area contributed by atoms with E-state index < -0.39 is 0 Å². The third-order valence-corrected chi connectivity index (χ3v) is 3.17. The molecule has 0 bridgehead atoms. The average Bonchev–Trinajstić information content (AvgIpc) is 3.02. The first-order valence-corrected chi connectivity index (χ1v) is 5.53. The quantitative estimate of drug-likeness (QED) is 0.693. The molecule has 0 spiro atoms. The van der Waals surface area contributed by atoms with Gasteiger partial charge < -0.3 is 4.74 Å². The number of rotatable bonds is 4. The first-order valence-electron chi connectivity index (χ1n) is 5.53. The summed E-state index contributed by atoms with van der Waals surface area (Å²) in [7, 11) is 0. The van der Waals surface area contributed by atoms with Gasteiger partial charge >= 0.3 is 0 Å². The highest BCUT2D eigenvalue weighted by Gasteiger charge is 2.28. The molecule has 1 aliphatic rings. The second-order valence-electron chi connectivity index (χ2n) is 4.46. The van der Waals surface area contributed by atoms with Crippen LogP contribution in [-0.4, -0.2) is 12.7 Å². The maximum atomic E-state index is 13.0. The molecule has 0 radical (unpaired) electrons. The number of aryl methyl sites for hydroxylation is 2. The maximum Gasteiger partial charge on any atom is 0.123 e. The number of hydrogen-bond donors (Lipinski definition) is 0. The number of halogens is 1. The van der Waals surface area contributed by atoms with Gasteiger partial charge in [0.2, 0.25) is 0 Å². The molecular weight excluding hydrogens is 191 g/mol. The van der Waals surface area contributed by atoms with Crippen LogP contribution in [-0.2, 0) is 11.2 Å². The topological polar surface area (TPSA) is 12.5 Å². The van der Waals surface area contributed by atoms with Gasteiger partial charge in [0.05, 0.1) is 12.7 Å². The Hall–Kier alpha value is -0.890. The molecule has 1 aromatic carbocycles. The van der Waals surface area contributed by atoms with Crippen LogP contribution in [0.4, 0.5) is 4.39 Å². The lowest BCUT2D eigenvalue weighted by atomic mass is 9.96. The van der Waals surface area contributed by atoms with Gasteiger partial charge in [-0.1, -0.05) is 13.0 Å². The largest absolute Gasteiger partial charge is 0.373 e. The third kappa shape index (κ3) is 2.78. The molecule has 2 unspecified atom stereocenters. The van der Waals surface area contributed by atoms with E-state index in [1.165, 1.54) is 11.6 Å². The van der Waals surface area contributed by atoms with Gasteiger partial charge in [-0.3, -0.25) is 0 Å². The van der Waals surface area contributed by atoms with Crippen molar-refractivity contribution in [3.8, 4) is 0 Å². The van der Waals surface area contributed by atoms with E-state index in [-0.39, 0.29) is 5.82 Å². The summed E-state index contributed by atoms with van der Waals surface area (Å²) in [5, 5.41) is 0. The fourth-order valence-corrected chi connectivity index (χ4v) is 1.86. The number of hydrogen-bond acceptors (Lipinski definition) is 1. The zero-order valence-corrected chi connectivity index (χ0v) is 9.29. The van der Waals surface area contributed by atoms with Crippen LogP contribution < -0.4 is 0 Å². The Kier molecular flexibility index (Phi) is 3.06. The van der Waals surface area contributed by atoms with Crippen molar-refractivity contribution in [2.45, 2.75) is 32.8 Å². The normalized spacial score (nSPS) is 21.4. The van der Waals surface area contributed by atoms with E-state index in [0.29, 0.717) is 12.0 Å². The molecule has 2 heteroatoms. The van der Waals surface area contributed by atoms with E-state index in [1.807, 2.05) is 13.0 Å². The minimum Gasteiger partial charge on any atom is -0.373 e. The lowest BCUT2D eigenvalue weighted by molar-refractivity contribution is 0.331. The first kappa shape index (κ1) is 10.6. The van der Waals surface area contributed by atoms with Crippen molar-refractivity contribution in [2.75, 3.05) is 6.61 Å². The van der Waals surface area contributed by atoms with Gasteiger partial charge in [0.1, 0.15) is 5.82 Å². The maximum absolute atomic E-state index is 13.0. The van der Waals surface area contributed by atoms with Crippen molar-refractivity contribution < 1.29 is 9.13 Å². The molecule has 0 aromatic heterocycles. The molecule has 1 aliphatic heterocycles. The summed E-state index contributed by atoms with van der Waals surface area (Å²) in [5.41, 5.74) is 2.31. The van der Waals surface area contributed by atoms with E-state index in [4.69, 9.17) is 4.74 Å². The summed E-state index contributed by atoms with van der Waals surface area (Å²) in [6.07, 6.45) is 2.48. The van der Waals surface area contributed by atoms with Crippen LogP contribution in [0.5, 0.6) is 0 Å². The van der Waals surface area contributed by atoms with Gasteiger partial charge in [0.15, 0.2) is 0 Å². The van der Waals surface area contributed by atoms with E-state index in [9.17, 15) is 4.39 Å².